The Labute approximate surface area is 226 Å². The average Bonchev–Trinajstić information content (AvgIpc) is 3.15. The van der Waals surface area contributed by atoms with Crippen LogP contribution in [-0.4, -0.2) is 38.2 Å². The SMILES string of the molecule is O=C(CN1C(=O)S/C(=C/c2cccc(Oc3ccc(C(F)(F)F)cc3[N+](=O)[O-])c2)C1=O)c1ccc([N+](=O)[O-])cc1. The lowest BCUT2D eigenvalue weighted by atomic mass is 10.1. The standard InChI is InChI=1S/C25H14F3N3O8S/c26-25(27,28)16-6-9-21(19(12-16)31(37)38)39-18-3-1-2-14(10-18)11-22-23(33)29(24(34)40-22)13-20(32)15-4-7-17(8-5-15)30(35)36/h1-12H,13H2/b22-11+. The molecule has 0 saturated carbocycles. The fraction of sp³-hybridized carbons (Fsp3) is 0.0800. The number of Topliss-reactive ketones (excluding diaryl/α,β-unsaturated/α-hetero) is 1. The van der Waals surface area contributed by atoms with Gasteiger partial charge in [-0.25, -0.2) is 0 Å². The number of alkyl halides is 3. The van der Waals surface area contributed by atoms with Crippen molar-refractivity contribution in [1.82, 2.24) is 4.90 Å². The number of carbonyl (C=O) groups is 3. The fourth-order valence-corrected chi connectivity index (χ4v) is 4.35. The number of halogens is 3. The molecule has 0 spiro atoms. The number of imide groups is 1. The Morgan fingerprint density at radius 2 is 1.68 bits per heavy atom. The van der Waals surface area contributed by atoms with Gasteiger partial charge in [-0.15, -0.1) is 0 Å². The van der Waals surface area contributed by atoms with E-state index in [0.29, 0.717) is 34.4 Å². The first-order chi connectivity index (χ1) is 18.8. The van der Waals surface area contributed by atoms with Crippen LogP contribution in [0.15, 0.2) is 71.6 Å². The minimum atomic E-state index is -4.79. The molecule has 1 aliphatic rings. The van der Waals surface area contributed by atoms with E-state index in [4.69, 9.17) is 4.74 Å². The van der Waals surface area contributed by atoms with Crippen molar-refractivity contribution in [3.63, 3.8) is 0 Å². The van der Waals surface area contributed by atoms with Crippen molar-refractivity contribution in [2.45, 2.75) is 6.18 Å². The van der Waals surface area contributed by atoms with E-state index < -0.39 is 56.5 Å². The molecule has 40 heavy (non-hydrogen) atoms. The number of nitrogens with zero attached hydrogens (tertiary/aromatic N) is 3. The summed E-state index contributed by atoms with van der Waals surface area (Å²) in [6, 6.07) is 12.2. The number of hydrogen-bond donors (Lipinski definition) is 0. The van der Waals surface area contributed by atoms with Crippen LogP contribution in [-0.2, 0) is 11.0 Å². The molecule has 0 bridgehead atoms. The monoisotopic (exact) mass is 573 g/mol. The summed E-state index contributed by atoms with van der Waals surface area (Å²) in [4.78, 5) is 58.9. The van der Waals surface area contributed by atoms with Crippen molar-refractivity contribution >= 4 is 46.1 Å². The van der Waals surface area contributed by atoms with Crippen LogP contribution in [0.25, 0.3) is 6.08 Å². The van der Waals surface area contributed by atoms with Gasteiger partial charge in [-0.3, -0.25) is 39.5 Å². The van der Waals surface area contributed by atoms with Crippen molar-refractivity contribution in [1.29, 1.82) is 0 Å². The third kappa shape index (κ3) is 6.15. The van der Waals surface area contributed by atoms with Crippen LogP contribution in [0.1, 0.15) is 21.5 Å². The molecular weight excluding hydrogens is 559 g/mol. The number of hydrogen-bond acceptors (Lipinski definition) is 9. The lowest BCUT2D eigenvalue weighted by Crippen LogP contribution is -2.33. The molecule has 2 amide bonds. The second-order valence-corrected chi connectivity index (χ2v) is 9.10. The van der Waals surface area contributed by atoms with Crippen molar-refractivity contribution < 1.29 is 42.1 Å². The van der Waals surface area contributed by atoms with Crippen LogP contribution >= 0.6 is 11.8 Å². The summed E-state index contributed by atoms with van der Waals surface area (Å²) in [6.45, 7) is -0.597. The first-order valence-corrected chi connectivity index (χ1v) is 11.8. The summed E-state index contributed by atoms with van der Waals surface area (Å²) in [5.41, 5.74) is -1.97. The van der Waals surface area contributed by atoms with Crippen molar-refractivity contribution in [2.24, 2.45) is 0 Å². The number of rotatable bonds is 8. The Balaban J connectivity index is 1.51. The minimum Gasteiger partial charge on any atom is -0.450 e. The highest BCUT2D eigenvalue weighted by molar-refractivity contribution is 8.18. The molecule has 1 fully saturated rings. The van der Waals surface area contributed by atoms with Crippen molar-refractivity contribution in [3.05, 3.63) is 109 Å². The highest BCUT2D eigenvalue weighted by Gasteiger charge is 2.37. The number of amides is 2. The fourth-order valence-electron chi connectivity index (χ4n) is 3.51. The van der Waals surface area contributed by atoms with E-state index >= 15 is 0 Å². The Kier molecular flexibility index (Phi) is 7.68. The summed E-state index contributed by atoms with van der Waals surface area (Å²) in [6.07, 6.45) is -3.48. The zero-order valence-electron chi connectivity index (χ0n) is 19.8. The molecule has 1 aliphatic heterocycles. The van der Waals surface area contributed by atoms with Crippen LogP contribution in [0.2, 0.25) is 0 Å². The number of nitro benzene ring substituents is 2. The number of benzene rings is 3. The quantitative estimate of drug-likeness (QED) is 0.132. The average molecular weight is 573 g/mol. The van der Waals surface area contributed by atoms with Crippen LogP contribution in [0.3, 0.4) is 0 Å². The molecule has 0 N–H and O–H groups in total. The maximum Gasteiger partial charge on any atom is 0.416 e. The van der Waals surface area contributed by atoms with E-state index in [1.54, 1.807) is 0 Å². The van der Waals surface area contributed by atoms with E-state index in [9.17, 15) is 47.8 Å². The van der Waals surface area contributed by atoms with Gasteiger partial charge in [0.2, 0.25) is 5.75 Å². The minimum absolute atomic E-state index is 0.00388. The summed E-state index contributed by atoms with van der Waals surface area (Å²) < 4.78 is 44.3. The first-order valence-electron chi connectivity index (χ1n) is 11.0. The molecule has 204 valence electrons. The van der Waals surface area contributed by atoms with Crippen LogP contribution in [0.5, 0.6) is 11.5 Å². The normalized spacial score (nSPS) is 14.5. The Morgan fingerprint density at radius 1 is 0.975 bits per heavy atom. The second kappa shape index (κ2) is 11.0. The number of ether oxygens (including phenoxy) is 1. The number of ketones is 1. The van der Waals surface area contributed by atoms with Crippen LogP contribution < -0.4 is 4.74 Å². The smallest absolute Gasteiger partial charge is 0.416 e. The molecule has 0 unspecified atom stereocenters. The molecule has 1 heterocycles. The summed E-state index contributed by atoms with van der Waals surface area (Å²) >= 11 is 0.561. The molecule has 0 aromatic heterocycles. The summed E-state index contributed by atoms with van der Waals surface area (Å²) in [5, 5.41) is 21.4. The lowest BCUT2D eigenvalue weighted by molar-refractivity contribution is -0.385. The van der Waals surface area contributed by atoms with E-state index in [1.165, 1.54) is 42.5 Å². The molecule has 0 atom stereocenters. The number of non-ortho nitro benzene ring substituents is 1. The molecule has 3 aromatic rings. The molecule has 4 rings (SSSR count). The van der Waals surface area contributed by atoms with Crippen LogP contribution in [0.4, 0.5) is 29.3 Å². The lowest BCUT2D eigenvalue weighted by Gasteiger charge is -2.11. The van der Waals surface area contributed by atoms with Gasteiger partial charge in [0.05, 0.1) is 26.9 Å². The van der Waals surface area contributed by atoms with Crippen molar-refractivity contribution in [2.75, 3.05) is 6.54 Å². The topological polar surface area (TPSA) is 150 Å². The predicted molar refractivity (Wildman–Crippen MR) is 135 cm³/mol. The van der Waals surface area contributed by atoms with Gasteiger partial charge in [-0.1, -0.05) is 12.1 Å². The third-order valence-electron chi connectivity index (χ3n) is 5.44. The van der Waals surface area contributed by atoms with E-state index in [1.807, 2.05) is 0 Å². The van der Waals surface area contributed by atoms with Gasteiger partial charge in [0.25, 0.3) is 16.8 Å². The Hall–Kier alpha value is -5.05. The molecule has 15 heteroatoms. The molecule has 0 aliphatic carbocycles. The van der Waals surface area contributed by atoms with E-state index in [2.05, 4.69) is 0 Å². The van der Waals surface area contributed by atoms with Crippen molar-refractivity contribution in [3.8, 4) is 11.5 Å². The number of thioether (sulfide) groups is 1. The summed E-state index contributed by atoms with van der Waals surface area (Å²) in [5.74, 6) is -1.83. The van der Waals surface area contributed by atoms with Gasteiger partial charge in [-0.2, -0.15) is 13.2 Å². The highest BCUT2D eigenvalue weighted by atomic mass is 32.2. The molecule has 3 aromatic carbocycles. The van der Waals surface area contributed by atoms with Gasteiger partial charge in [0.1, 0.15) is 5.75 Å². The maximum absolute atomic E-state index is 13.0. The molecule has 0 radical (unpaired) electrons. The van der Waals surface area contributed by atoms with Gasteiger partial charge in [0, 0.05) is 23.8 Å². The van der Waals surface area contributed by atoms with E-state index in [-0.39, 0.29) is 21.9 Å². The van der Waals surface area contributed by atoms with Gasteiger partial charge in [-0.05, 0) is 59.8 Å². The molecular formula is C25H14F3N3O8S. The van der Waals surface area contributed by atoms with E-state index in [0.717, 1.165) is 18.2 Å². The highest BCUT2D eigenvalue weighted by Crippen LogP contribution is 2.38. The van der Waals surface area contributed by atoms with Gasteiger partial charge < -0.3 is 4.74 Å². The maximum atomic E-state index is 13.0. The largest absolute Gasteiger partial charge is 0.450 e. The third-order valence-corrected chi connectivity index (χ3v) is 6.35. The number of nitro groups is 2. The molecule has 1 saturated heterocycles. The van der Waals surface area contributed by atoms with Gasteiger partial charge >= 0.3 is 11.9 Å². The Bertz CT molecular complexity index is 1590. The Morgan fingerprint density at radius 3 is 2.30 bits per heavy atom. The molecule has 11 nitrogen and oxygen atoms in total. The zero-order valence-corrected chi connectivity index (χ0v) is 20.6. The first kappa shape index (κ1) is 28.0. The summed E-state index contributed by atoms with van der Waals surface area (Å²) in [7, 11) is 0. The second-order valence-electron chi connectivity index (χ2n) is 8.11. The van der Waals surface area contributed by atoms with Gasteiger partial charge in [0.15, 0.2) is 5.78 Å². The predicted octanol–water partition coefficient (Wildman–Crippen LogP) is 6.23. The number of carbonyl (C=O) groups excluding carboxylic acids is 3. The van der Waals surface area contributed by atoms with Crippen LogP contribution in [0, 0.1) is 20.2 Å². The zero-order chi connectivity index (χ0) is 29.2.